The van der Waals surface area contributed by atoms with Gasteiger partial charge in [-0.05, 0) is 38.3 Å². The van der Waals surface area contributed by atoms with Crippen molar-refractivity contribution in [2.24, 2.45) is 16.3 Å². The van der Waals surface area contributed by atoms with E-state index in [1.807, 2.05) is 6.92 Å². The summed E-state index contributed by atoms with van der Waals surface area (Å²) in [5.74, 6) is -0.244. The van der Waals surface area contributed by atoms with Gasteiger partial charge in [0.05, 0.1) is 6.54 Å². The van der Waals surface area contributed by atoms with Crippen LogP contribution in [0.3, 0.4) is 0 Å². The van der Waals surface area contributed by atoms with Crippen LogP contribution in [-0.2, 0) is 16.1 Å². The summed E-state index contributed by atoms with van der Waals surface area (Å²) in [5.41, 5.74) is 6.03. The molecule has 4 N–H and O–H groups in total. The fourth-order valence-corrected chi connectivity index (χ4v) is 3.48. The van der Waals surface area contributed by atoms with Crippen LogP contribution >= 0.6 is 11.3 Å². The Kier molecular flexibility index (Phi) is 4.84. The number of hydrogen-bond acceptors (Lipinski definition) is 5. The lowest BCUT2D eigenvalue weighted by Gasteiger charge is -2.34. The summed E-state index contributed by atoms with van der Waals surface area (Å²) >= 11 is 1.67. The number of thiophene rings is 1. The molecule has 1 aliphatic heterocycles. The summed E-state index contributed by atoms with van der Waals surface area (Å²) in [6, 6.07) is 2.07. The molecule has 1 amide bonds. The fourth-order valence-electron chi connectivity index (χ4n) is 2.49. The number of aryl methyl sites for hydroxylation is 2. The van der Waals surface area contributed by atoms with Crippen LogP contribution in [0.1, 0.15) is 28.2 Å². The molecule has 7 heteroatoms. The molecule has 0 radical (unpaired) electrons. The zero-order chi connectivity index (χ0) is 15.5. The molecular formula is C14H21N3O3S. The monoisotopic (exact) mass is 311 g/mol. The molecule has 116 valence electrons. The van der Waals surface area contributed by atoms with E-state index in [4.69, 9.17) is 15.7 Å². The minimum absolute atomic E-state index is 0.0400. The third-order valence-corrected chi connectivity index (χ3v) is 5.17. The Morgan fingerprint density at radius 3 is 2.71 bits per heavy atom. The maximum atomic E-state index is 12.6. The summed E-state index contributed by atoms with van der Waals surface area (Å²) < 4.78 is 5.28. The first kappa shape index (κ1) is 15.8. The van der Waals surface area contributed by atoms with Gasteiger partial charge in [-0.15, -0.1) is 11.3 Å². The van der Waals surface area contributed by atoms with Gasteiger partial charge in [0.1, 0.15) is 5.41 Å². The lowest BCUT2D eigenvalue weighted by molar-refractivity contribution is -0.131. The van der Waals surface area contributed by atoms with Crippen molar-refractivity contribution in [1.82, 2.24) is 5.32 Å². The zero-order valence-corrected chi connectivity index (χ0v) is 13.1. The van der Waals surface area contributed by atoms with Crippen LogP contribution < -0.4 is 11.1 Å². The molecule has 1 fully saturated rings. The van der Waals surface area contributed by atoms with Gasteiger partial charge in [0.15, 0.2) is 5.84 Å². The molecule has 0 atom stereocenters. The topological polar surface area (TPSA) is 96.9 Å². The van der Waals surface area contributed by atoms with Crippen molar-refractivity contribution >= 4 is 23.1 Å². The van der Waals surface area contributed by atoms with Gasteiger partial charge in [-0.3, -0.25) is 4.79 Å². The standard InChI is InChI=1S/C14H21N3O3S/c1-9-7-11(21-10(9)2)8-16-13(18)14(12(15)17-19)3-5-20-6-4-14/h7,19H,3-6,8H2,1-2H3,(H2,15,17)(H,16,18). The van der Waals surface area contributed by atoms with Crippen LogP contribution in [-0.4, -0.2) is 30.2 Å². The SMILES string of the molecule is Cc1cc(CNC(=O)C2(C(N)=NO)CCOCC2)sc1C. The molecule has 0 saturated carbocycles. The number of nitrogens with two attached hydrogens (primary N) is 1. The van der Waals surface area contributed by atoms with E-state index in [9.17, 15) is 4.79 Å². The van der Waals surface area contributed by atoms with Gasteiger partial charge in [-0.2, -0.15) is 0 Å². The van der Waals surface area contributed by atoms with E-state index in [1.165, 1.54) is 10.4 Å². The number of carbonyl (C=O) groups excluding carboxylic acids is 1. The van der Waals surface area contributed by atoms with Crippen molar-refractivity contribution in [2.75, 3.05) is 13.2 Å². The number of nitrogens with zero attached hydrogens (tertiary/aromatic N) is 1. The number of oxime groups is 1. The summed E-state index contributed by atoms with van der Waals surface area (Å²) in [6.45, 7) is 5.43. The Bertz CT molecular complexity index is 528. The Balaban J connectivity index is 2.08. The molecule has 1 aromatic rings. The highest BCUT2D eigenvalue weighted by molar-refractivity contribution is 7.12. The smallest absolute Gasteiger partial charge is 0.234 e. The Labute approximate surface area is 128 Å². The molecule has 21 heavy (non-hydrogen) atoms. The van der Waals surface area contributed by atoms with E-state index in [2.05, 4.69) is 23.5 Å². The largest absolute Gasteiger partial charge is 0.409 e. The molecule has 0 aromatic carbocycles. The van der Waals surface area contributed by atoms with Gasteiger partial charge in [0.2, 0.25) is 5.91 Å². The van der Waals surface area contributed by atoms with E-state index >= 15 is 0 Å². The molecule has 1 saturated heterocycles. The maximum absolute atomic E-state index is 12.6. The first-order valence-corrected chi connectivity index (χ1v) is 7.71. The lowest BCUT2D eigenvalue weighted by Crippen LogP contribution is -2.52. The van der Waals surface area contributed by atoms with Crippen molar-refractivity contribution < 1.29 is 14.7 Å². The average Bonchev–Trinajstić information content (AvgIpc) is 2.83. The normalized spacial score (nSPS) is 18.5. The fraction of sp³-hybridized carbons (Fsp3) is 0.571. The number of rotatable bonds is 4. The highest BCUT2D eigenvalue weighted by atomic mass is 32.1. The van der Waals surface area contributed by atoms with Gasteiger partial charge >= 0.3 is 0 Å². The Hall–Kier alpha value is -1.60. The van der Waals surface area contributed by atoms with Crippen molar-refractivity contribution in [1.29, 1.82) is 0 Å². The lowest BCUT2D eigenvalue weighted by atomic mass is 9.78. The average molecular weight is 311 g/mol. The minimum Gasteiger partial charge on any atom is -0.409 e. The van der Waals surface area contributed by atoms with Crippen molar-refractivity contribution in [3.8, 4) is 0 Å². The number of ether oxygens (including phenoxy) is 1. The molecule has 2 heterocycles. The molecule has 0 unspecified atom stereocenters. The number of amidine groups is 1. The highest BCUT2D eigenvalue weighted by Crippen LogP contribution is 2.31. The molecule has 0 spiro atoms. The number of hydrogen-bond donors (Lipinski definition) is 3. The molecule has 1 aromatic heterocycles. The van der Waals surface area contributed by atoms with E-state index < -0.39 is 5.41 Å². The summed E-state index contributed by atoms with van der Waals surface area (Å²) in [4.78, 5) is 14.9. The second kappa shape index (κ2) is 6.44. The second-order valence-corrected chi connectivity index (χ2v) is 6.66. The Morgan fingerprint density at radius 2 is 2.19 bits per heavy atom. The predicted molar refractivity (Wildman–Crippen MR) is 81.5 cm³/mol. The third kappa shape index (κ3) is 3.19. The molecule has 0 bridgehead atoms. The van der Waals surface area contributed by atoms with E-state index in [0.717, 1.165) is 4.88 Å². The molecular weight excluding hydrogens is 290 g/mol. The second-order valence-electron chi connectivity index (χ2n) is 5.31. The van der Waals surface area contributed by atoms with Gasteiger partial charge in [0, 0.05) is 23.0 Å². The van der Waals surface area contributed by atoms with E-state index in [-0.39, 0.29) is 11.7 Å². The number of amides is 1. The number of nitrogens with one attached hydrogen (secondary N) is 1. The zero-order valence-electron chi connectivity index (χ0n) is 12.3. The van der Waals surface area contributed by atoms with Crippen LogP contribution in [0.4, 0.5) is 0 Å². The Morgan fingerprint density at radius 1 is 1.52 bits per heavy atom. The van der Waals surface area contributed by atoms with Crippen LogP contribution in [0.25, 0.3) is 0 Å². The van der Waals surface area contributed by atoms with Crippen LogP contribution in [0.15, 0.2) is 11.2 Å². The van der Waals surface area contributed by atoms with Gasteiger partial charge < -0.3 is 21.0 Å². The third-order valence-electron chi connectivity index (χ3n) is 4.02. The van der Waals surface area contributed by atoms with Crippen molar-refractivity contribution in [3.05, 3.63) is 21.4 Å². The van der Waals surface area contributed by atoms with E-state index in [1.54, 1.807) is 11.3 Å². The first-order chi connectivity index (χ1) is 9.99. The quantitative estimate of drug-likeness (QED) is 0.340. The molecule has 2 rings (SSSR count). The predicted octanol–water partition coefficient (Wildman–Crippen LogP) is 1.52. The summed E-state index contributed by atoms with van der Waals surface area (Å²) in [7, 11) is 0. The maximum Gasteiger partial charge on any atom is 0.234 e. The number of carbonyl (C=O) groups is 1. The van der Waals surface area contributed by atoms with Gasteiger partial charge in [-0.1, -0.05) is 5.16 Å². The highest BCUT2D eigenvalue weighted by Gasteiger charge is 2.44. The van der Waals surface area contributed by atoms with Crippen LogP contribution in [0.5, 0.6) is 0 Å². The van der Waals surface area contributed by atoms with Crippen LogP contribution in [0.2, 0.25) is 0 Å². The molecule has 6 nitrogen and oxygen atoms in total. The summed E-state index contributed by atoms with van der Waals surface area (Å²) in [6.07, 6.45) is 0.856. The van der Waals surface area contributed by atoms with Crippen molar-refractivity contribution in [2.45, 2.75) is 33.2 Å². The van der Waals surface area contributed by atoms with E-state index in [0.29, 0.717) is 32.6 Å². The molecule has 0 aliphatic carbocycles. The van der Waals surface area contributed by atoms with Gasteiger partial charge in [-0.25, -0.2) is 0 Å². The molecule has 1 aliphatic rings. The van der Waals surface area contributed by atoms with Crippen molar-refractivity contribution in [3.63, 3.8) is 0 Å². The first-order valence-electron chi connectivity index (χ1n) is 6.89. The van der Waals surface area contributed by atoms with Crippen LogP contribution in [0, 0.1) is 19.3 Å². The minimum atomic E-state index is -0.964. The van der Waals surface area contributed by atoms with Gasteiger partial charge in [0.25, 0.3) is 0 Å². The summed E-state index contributed by atoms with van der Waals surface area (Å²) in [5, 5.41) is 14.9.